The van der Waals surface area contributed by atoms with Crippen LogP contribution in [0.2, 0.25) is 0 Å². The van der Waals surface area contributed by atoms with E-state index in [1.165, 1.54) is 5.56 Å². The number of hydrogen-bond donors (Lipinski definition) is 0. The highest BCUT2D eigenvalue weighted by Crippen LogP contribution is 2.25. The van der Waals surface area contributed by atoms with Gasteiger partial charge in [0.2, 0.25) is 0 Å². The van der Waals surface area contributed by atoms with Gasteiger partial charge in [-0.1, -0.05) is 61.0 Å². The van der Waals surface area contributed by atoms with Gasteiger partial charge in [0.15, 0.2) is 0 Å². The standard InChI is InChI=1S/C12H16BrNO3/c1-12(2,3)10-6-4-9(5-7-10)11(8-13)17-14(15)16/h4-7,11H,8H2,1-3H3. The molecule has 0 bridgehead atoms. The maximum atomic E-state index is 10.3. The zero-order chi connectivity index (χ0) is 13.1. The third-order valence-electron chi connectivity index (χ3n) is 2.50. The fraction of sp³-hybridized carbons (Fsp3) is 0.500. The summed E-state index contributed by atoms with van der Waals surface area (Å²) in [7, 11) is 0. The Balaban J connectivity index is 2.89. The predicted molar refractivity (Wildman–Crippen MR) is 69.8 cm³/mol. The Bertz CT molecular complexity index is 384. The van der Waals surface area contributed by atoms with Gasteiger partial charge in [-0.05, 0) is 16.5 Å². The van der Waals surface area contributed by atoms with E-state index in [0.29, 0.717) is 5.33 Å². The number of nitrogens with zero attached hydrogens (tertiary/aromatic N) is 1. The quantitative estimate of drug-likeness (QED) is 0.485. The van der Waals surface area contributed by atoms with Gasteiger partial charge in [-0.2, -0.15) is 0 Å². The highest BCUT2D eigenvalue weighted by atomic mass is 79.9. The average Bonchev–Trinajstić information content (AvgIpc) is 2.24. The van der Waals surface area contributed by atoms with Gasteiger partial charge in [0.25, 0.3) is 5.09 Å². The summed E-state index contributed by atoms with van der Waals surface area (Å²) in [5.74, 6) is 0. The first-order chi connectivity index (χ1) is 7.84. The first kappa shape index (κ1) is 14.0. The molecule has 0 saturated carbocycles. The fourth-order valence-corrected chi connectivity index (χ4v) is 1.97. The van der Waals surface area contributed by atoms with E-state index >= 15 is 0 Å². The lowest BCUT2D eigenvalue weighted by Gasteiger charge is -2.20. The molecule has 0 fully saturated rings. The number of hydrogen-bond acceptors (Lipinski definition) is 3. The van der Waals surface area contributed by atoms with E-state index in [-0.39, 0.29) is 5.41 Å². The minimum Gasteiger partial charge on any atom is -0.305 e. The second kappa shape index (κ2) is 5.49. The molecule has 0 heterocycles. The summed E-state index contributed by atoms with van der Waals surface area (Å²) in [6, 6.07) is 7.70. The predicted octanol–water partition coefficient (Wildman–Crippen LogP) is 3.63. The second-order valence-electron chi connectivity index (χ2n) is 4.84. The molecule has 1 aromatic carbocycles. The molecular weight excluding hydrogens is 286 g/mol. The molecule has 0 aliphatic heterocycles. The average molecular weight is 302 g/mol. The normalized spacial score (nSPS) is 13.2. The van der Waals surface area contributed by atoms with Crippen molar-refractivity contribution in [3.8, 4) is 0 Å². The van der Waals surface area contributed by atoms with E-state index in [1.807, 2.05) is 24.3 Å². The molecule has 1 rings (SSSR count). The van der Waals surface area contributed by atoms with Gasteiger partial charge >= 0.3 is 0 Å². The van der Waals surface area contributed by atoms with Gasteiger partial charge < -0.3 is 4.84 Å². The molecule has 0 amide bonds. The van der Waals surface area contributed by atoms with Crippen molar-refractivity contribution >= 4 is 15.9 Å². The number of benzene rings is 1. The van der Waals surface area contributed by atoms with Crippen LogP contribution in [0.15, 0.2) is 24.3 Å². The van der Waals surface area contributed by atoms with Gasteiger partial charge in [0, 0.05) is 5.33 Å². The van der Waals surface area contributed by atoms with E-state index in [1.54, 1.807) is 0 Å². The molecule has 1 aromatic rings. The van der Waals surface area contributed by atoms with Crippen LogP contribution in [0.5, 0.6) is 0 Å². The van der Waals surface area contributed by atoms with Gasteiger partial charge in [-0.3, -0.25) is 0 Å². The third-order valence-corrected chi connectivity index (χ3v) is 3.09. The maximum absolute atomic E-state index is 10.3. The molecular formula is C12H16BrNO3. The Hall–Kier alpha value is -1.10. The lowest BCUT2D eigenvalue weighted by molar-refractivity contribution is -0.769. The first-order valence-corrected chi connectivity index (χ1v) is 6.44. The number of halogens is 1. The van der Waals surface area contributed by atoms with Crippen molar-refractivity contribution in [2.45, 2.75) is 32.3 Å². The van der Waals surface area contributed by atoms with Crippen LogP contribution in [0.3, 0.4) is 0 Å². The summed E-state index contributed by atoms with van der Waals surface area (Å²) in [4.78, 5) is 14.9. The van der Waals surface area contributed by atoms with E-state index in [9.17, 15) is 10.1 Å². The molecule has 4 nitrogen and oxygen atoms in total. The van der Waals surface area contributed by atoms with Crippen LogP contribution in [0.25, 0.3) is 0 Å². The van der Waals surface area contributed by atoms with Crippen LogP contribution < -0.4 is 0 Å². The Kier molecular flexibility index (Phi) is 4.51. The van der Waals surface area contributed by atoms with Crippen LogP contribution in [0.4, 0.5) is 0 Å². The molecule has 1 unspecified atom stereocenters. The van der Waals surface area contributed by atoms with Gasteiger partial charge in [-0.25, -0.2) is 0 Å². The summed E-state index contributed by atoms with van der Waals surface area (Å²) < 4.78 is 0. The molecule has 0 N–H and O–H groups in total. The summed E-state index contributed by atoms with van der Waals surface area (Å²) in [6.07, 6.45) is -0.556. The van der Waals surface area contributed by atoms with E-state index in [0.717, 1.165) is 5.56 Å². The van der Waals surface area contributed by atoms with Crippen LogP contribution in [-0.4, -0.2) is 10.4 Å². The van der Waals surface area contributed by atoms with Gasteiger partial charge in [0.1, 0.15) is 6.10 Å². The molecule has 0 saturated heterocycles. The Labute approximate surface area is 109 Å². The molecule has 1 atom stereocenters. The van der Waals surface area contributed by atoms with E-state index in [4.69, 9.17) is 0 Å². The van der Waals surface area contributed by atoms with Crippen LogP contribution in [0.1, 0.15) is 38.0 Å². The van der Waals surface area contributed by atoms with Gasteiger partial charge in [-0.15, -0.1) is 10.1 Å². The summed E-state index contributed by atoms with van der Waals surface area (Å²) in [5.41, 5.74) is 2.06. The van der Waals surface area contributed by atoms with Crippen LogP contribution in [0, 0.1) is 10.1 Å². The minimum atomic E-state index is -0.760. The van der Waals surface area contributed by atoms with Crippen LogP contribution >= 0.6 is 15.9 Å². The largest absolute Gasteiger partial charge is 0.305 e. The molecule has 0 spiro atoms. The molecule has 0 aliphatic rings. The third kappa shape index (κ3) is 4.00. The van der Waals surface area contributed by atoms with E-state index in [2.05, 4.69) is 41.5 Å². The minimum absolute atomic E-state index is 0.0758. The van der Waals surface area contributed by atoms with Crippen molar-refractivity contribution in [2.24, 2.45) is 0 Å². The smallest absolute Gasteiger partial charge is 0.295 e. The second-order valence-corrected chi connectivity index (χ2v) is 5.49. The van der Waals surface area contributed by atoms with Crippen molar-refractivity contribution in [3.63, 3.8) is 0 Å². The Morgan fingerprint density at radius 1 is 1.35 bits per heavy atom. The lowest BCUT2D eigenvalue weighted by Crippen LogP contribution is -2.13. The van der Waals surface area contributed by atoms with E-state index < -0.39 is 11.2 Å². The molecule has 94 valence electrons. The summed E-state index contributed by atoms with van der Waals surface area (Å²) in [5, 5.41) is 9.96. The van der Waals surface area contributed by atoms with Crippen molar-refractivity contribution in [1.29, 1.82) is 0 Å². The molecule has 0 aromatic heterocycles. The van der Waals surface area contributed by atoms with Crippen molar-refractivity contribution in [1.82, 2.24) is 0 Å². The first-order valence-electron chi connectivity index (χ1n) is 5.32. The van der Waals surface area contributed by atoms with Gasteiger partial charge in [0.05, 0.1) is 0 Å². The van der Waals surface area contributed by atoms with Crippen molar-refractivity contribution < 1.29 is 9.92 Å². The van der Waals surface area contributed by atoms with Crippen molar-refractivity contribution in [2.75, 3.05) is 5.33 Å². The highest BCUT2D eigenvalue weighted by molar-refractivity contribution is 9.09. The SMILES string of the molecule is CC(C)(C)c1ccc(C(CBr)O[N+](=O)[O-])cc1. The fourth-order valence-electron chi connectivity index (χ4n) is 1.48. The Morgan fingerprint density at radius 2 is 1.88 bits per heavy atom. The monoisotopic (exact) mass is 301 g/mol. The summed E-state index contributed by atoms with van der Waals surface area (Å²) in [6.45, 7) is 6.37. The number of rotatable bonds is 4. The topological polar surface area (TPSA) is 52.4 Å². The zero-order valence-electron chi connectivity index (χ0n) is 10.1. The van der Waals surface area contributed by atoms with Crippen molar-refractivity contribution in [3.05, 3.63) is 45.5 Å². The van der Waals surface area contributed by atoms with Crippen LogP contribution in [-0.2, 0) is 10.3 Å². The molecule has 5 heteroatoms. The highest BCUT2D eigenvalue weighted by Gasteiger charge is 2.17. The lowest BCUT2D eigenvalue weighted by atomic mass is 9.86. The zero-order valence-corrected chi connectivity index (χ0v) is 11.7. The summed E-state index contributed by atoms with van der Waals surface area (Å²) >= 11 is 3.21. The molecule has 17 heavy (non-hydrogen) atoms. The maximum Gasteiger partial charge on any atom is 0.295 e. The Morgan fingerprint density at radius 3 is 2.24 bits per heavy atom. The molecule has 0 radical (unpaired) electrons. The number of alkyl halides is 1. The molecule has 0 aliphatic carbocycles.